The molecule has 0 saturated heterocycles. The van der Waals surface area contributed by atoms with Gasteiger partial charge < -0.3 is 15.7 Å². The third-order valence-electron chi connectivity index (χ3n) is 5.55. The number of nitrogens with one attached hydrogen (secondary N) is 2. The van der Waals surface area contributed by atoms with Crippen molar-refractivity contribution in [2.24, 2.45) is 0 Å². The molecular formula is C19H27N3O3. The summed E-state index contributed by atoms with van der Waals surface area (Å²) < 4.78 is 0. The second-order valence-corrected chi connectivity index (χ2v) is 7.46. The molecule has 0 aliphatic heterocycles. The highest BCUT2D eigenvalue weighted by molar-refractivity contribution is 5.76. The predicted molar refractivity (Wildman–Crippen MR) is 95.6 cm³/mol. The zero-order valence-electron chi connectivity index (χ0n) is 14.9. The molecule has 136 valence electrons. The summed E-state index contributed by atoms with van der Waals surface area (Å²) in [5, 5.41) is 15.1. The van der Waals surface area contributed by atoms with E-state index >= 15 is 0 Å². The highest BCUT2D eigenvalue weighted by atomic mass is 16.4. The fourth-order valence-corrected chi connectivity index (χ4v) is 3.83. The molecule has 3 N–H and O–H groups in total. The van der Waals surface area contributed by atoms with Crippen molar-refractivity contribution in [1.29, 1.82) is 0 Å². The van der Waals surface area contributed by atoms with Crippen LogP contribution in [0.2, 0.25) is 0 Å². The van der Waals surface area contributed by atoms with Crippen LogP contribution < -0.4 is 10.6 Å². The molecule has 2 aliphatic rings. The van der Waals surface area contributed by atoms with E-state index < -0.39 is 5.97 Å². The fraction of sp³-hybridized carbons (Fsp3) is 0.579. The van der Waals surface area contributed by atoms with E-state index in [9.17, 15) is 9.59 Å². The van der Waals surface area contributed by atoms with E-state index in [1.807, 2.05) is 30.0 Å². The molecule has 0 aromatic heterocycles. The SMILES string of the molecule is CCN(CC(=O)O)C1CC(NC(=O)N[C@]2(C)C[C@H]2c2ccccc2)C1. The minimum atomic E-state index is -0.801. The quantitative estimate of drug-likeness (QED) is 0.707. The van der Waals surface area contributed by atoms with Gasteiger partial charge in [0, 0.05) is 23.5 Å². The van der Waals surface area contributed by atoms with Gasteiger partial charge >= 0.3 is 12.0 Å². The van der Waals surface area contributed by atoms with E-state index in [2.05, 4.69) is 29.7 Å². The number of carboxylic acid groups (broad SMARTS) is 1. The number of nitrogens with zero attached hydrogens (tertiary/aromatic N) is 1. The number of amides is 2. The van der Waals surface area contributed by atoms with E-state index in [4.69, 9.17) is 5.11 Å². The molecule has 3 rings (SSSR count). The minimum absolute atomic E-state index is 0.0664. The second-order valence-electron chi connectivity index (χ2n) is 7.46. The summed E-state index contributed by atoms with van der Waals surface area (Å²) in [6.45, 7) is 4.83. The van der Waals surface area contributed by atoms with Crippen LogP contribution in [0.25, 0.3) is 0 Å². The third kappa shape index (κ3) is 4.12. The fourth-order valence-electron chi connectivity index (χ4n) is 3.83. The van der Waals surface area contributed by atoms with Crippen molar-refractivity contribution in [3.05, 3.63) is 35.9 Å². The molecule has 0 spiro atoms. The number of urea groups is 1. The Morgan fingerprint density at radius 1 is 1.28 bits per heavy atom. The molecule has 0 bridgehead atoms. The maximum atomic E-state index is 12.3. The summed E-state index contributed by atoms with van der Waals surface area (Å²) >= 11 is 0. The maximum absolute atomic E-state index is 12.3. The monoisotopic (exact) mass is 345 g/mol. The maximum Gasteiger partial charge on any atom is 0.317 e. The van der Waals surface area contributed by atoms with Crippen molar-refractivity contribution < 1.29 is 14.7 Å². The van der Waals surface area contributed by atoms with Crippen LogP contribution in [0.5, 0.6) is 0 Å². The lowest BCUT2D eigenvalue weighted by Crippen LogP contribution is -2.57. The number of likely N-dealkylation sites (N-methyl/N-ethyl adjacent to an activating group) is 1. The van der Waals surface area contributed by atoms with Gasteiger partial charge in [0.25, 0.3) is 0 Å². The standard InChI is InChI=1S/C19H27N3O3/c1-3-22(12-17(23)24)15-9-14(10-15)20-18(25)21-19(2)11-16(19)13-7-5-4-6-8-13/h4-8,14-16H,3,9-12H2,1-2H3,(H,23,24)(H2,20,21,25)/t14?,15?,16-,19+/m0/s1. The Balaban J connectivity index is 1.42. The van der Waals surface area contributed by atoms with Gasteiger partial charge in [-0.25, -0.2) is 4.79 Å². The molecule has 0 radical (unpaired) electrons. The van der Waals surface area contributed by atoms with Crippen LogP contribution in [0, 0.1) is 0 Å². The topological polar surface area (TPSA) is 81.7 Å². The summed E-state index contributed by atoms with van der Waals surface area (Å²) in [6, 6.07) is 10.5. The summed E-state index contributed by atoms with van der Waals surface area (Å²) in [5.41, 5.74) is 1.09. The Morgan fingerprint density at radius 2 is 1.96 bits per heavy atom. The van der Waals surface area contributed by atoms with Gasteiger partial charge in [0.1, 0.15) is 0 Å². The summed E-state index contributed by atoms with van der Waals surface area (Å²) in [5.74, 6) is -0.427. The molecule has 0 unspecified atom stereocenters. The molecule has 1 aromatic rings. The molecule has 6 heteroatoms. The van der Waals surface area contributed by atoms with E-state index in [1.54, 1.807) is 0 Å². The summed E-state index contributed by atoms with van der Waals surface area (Å²) in [4.78, 5) is 25.1. The van der Waals surface area contributed by atoms with Crippen molar-refractivity contribution in [3.8, 4) is 0 Å². The normalized spacial score (nSPS) is 30.4. The minimum Gasteiger partial charge on any atom is -0.480 e. The Labute approximate surface area is 148 Å². The molecule has 2 atom stereocenters. The van der Waals surface area contributed by atoms with Crippen LogP contribution >= 0.6 is 0 Å². The first-order valence-corrected chi connectivity index (χ1v) is 9.00. The molecule has 2 aliphatic carbocycles. The van der Waals surface area contributed by atoms with Crippen LogP contribution in [0.15, 0.2) is 30.3 Å². The van der Waals surface area contributed by atoms with Crippen molar-refractivity contribution in [3.63, 3.8) is 0 Å². The van der Waals surface area contributed by atoms with Crippen molar-refractivity contribution in [1.82, 2.24) is 15.5 Å². The van der Waals surface area contributed by atoms with Gasteiger partial charge in [0.05, 0.1) is 6.54 Å². The van der Waals surface area contributed by atoms with Crippen molar-refractivity contribution in [2.45, 2.75) is 56.7 Å². The molecule has 2 saturated carbocycles. The summed E-state index contributed by atoms with van der Waals surface area (Å²) in [6.07, 6.45) is 2.58. The van der Waals surface area contributed by atoms with E-state index in [1.165, 1.54) is 5.56 Å². The zero-order valence-corrected chi connectivity index (χ0v) is 14.9. The smallest absolute Gasteiger partial charge is 0.317 e. The number of rotatable bonds is 7. The first kappa shape index (κ1) is 17.7. The lowest BCUT2D eigenvalue weighted by atomic mass is 9.85. The number of hydrogen-bond acceptors (Lipinski definition) is 3. The first-order valence-electron chi connectivity index (χ1n) is 9.00. The lowest BCUT2D eigenvalue weighted by Gasteiger charge is -2.42. The van der Waals surface area contributed by atoms with Crippen LogP contribution in [0.4, 0.5) is 4.79 Å². The number of carbonyl (C=O) groups is 2. The Bertz CT molecular complexity index is 630. The van der Waals surface area contributed by atoms with E-state index in [-0.39, 0.29) is 30.2 Å². The highest BCUT2D eigenvalue weighted by Gasteiger charge is 2.52. The van der Waals surface area contributed by atoms with Crippen LogP contribution in [0.3, 0.4) is 0 Å². The average Bonchev–Trinajstić information content (AvgIpc) is 3.20. The Kier molecular flexibility index (Phi) is 4.99. The molecule has 2 amide bonds. The van der Waals surface area contributed by atoms with Gasteiger partial charge in [-0.2, -0.15) is 0 Å². The van der Waals surface area contributed by atoms with Crippen molar-refractivity contribution in [2.75, 3.05) is 13.1 Å². The summed E-state index contributed by atoms with van der Waals surface area (Å²) in [7, 11) is 0. The Morgan fingerprint density at radius 3 is 2.56 bits per heavy atom. The first-order chi connectivity index (χ1) is 11.9. The zero-order chi connectivity index (χ0) is 18.0. The molecule has 2 fully saturated rings. The average molecular weight is 345 g/mol. The van der Waals surface area contributed by atoms with Gasteiger partial charge in [-0.1, -0.05) is 37.3 Å². The van der Waals surface area contributed by atoms with E-state index in [0.29, 0.717) is 12.5 Å². The number of hydrogen-bond donors (Lipinski definition) is 3. The Hall–Kier alpha value is -2.08. The van der Waals surface area contributed by atoms with Crippen LogP contribution in [0.1, 0.15) is 44.6 Å². The van der Waals surface area contributed by atoms with Gasteiger partial charge in [0.2, 0.25) is 0 Å². The second kappa shape index (κ2) is 7.04. The number of aliphatic carboxylic acids is 1. The molecule has 1 aromatic carbocycles. The highest BCUT2D eigenvalue weighted by Crippen LogP contribution is 2.50. The van der Waals surface area contributed by atoms with Gasteiger partial charge in [-0.05, 0) is 38.3 Å². The van der Waals surface area contributed by atoms with Gasteiger partial charge in [0.15, 0.2) is 0 Å². The van der Waals surface area contributed by atoms with Gasteiger partial charge in [-0.3, -0.25) is 9.69 Å². The van der Waals surface area contributed by atoms with Gasteiger partial charge in [-0.15, -0.1) is 0 Å². The molecule has 6 nitrogen and oxygen atoms in total. The molecular weight excluding hydrogens is 318 g/mol. The molecule has 25 heavy (non-hydrogen) atoms. The largest absolute Gasteiger partial charge is 0.480 e. The van der Waals surface area contributed by atoms with E-state index in [0.717, 1.165) is 19.3 Å². The van der Waals surface area contributed by atoms with Crippen molar-refractivity contribution >= 4 is 12.0 Å². The van der Waals surface area contributed by atoms with Crippen LogP contribution in [-0.4, -0.2) is 52.7 Å². The number of benzene rings is 1. The number of carbonyl (C=O) groups excluding carboxylic acids is 1. The predicted octanol–water partition coefficient (Wildman–Crippen LogP) is 2.17. The lowest BCUT2D eigenvalue weighted by molar-refractivity contribution is -0.139. The number of carboxylic acids is 1. The van der Waals surface area contributed by atoms with Crippen LogP contribution in [-0.2, 0) is 4.79 Å². The molecule has 0 heterocycles. The third-order valence-corrected chi connectivity index (χ3v) is 5.55.